The lowest BCUT2D eigenvalue weighted by Gasteiger charge is -2.07. The highest BCUT2D eigenvalue weighted by Crippen LogP contribution is 2.22. The molecule has 0 bridgehead atoms. The molecule has 0 saturated heterocycles. The summed E-state index contributed by atoms with van der Waals surface area (Å²) in [4.78, 5) is 16.1. The molecule has 0 spiro atoms. The van der Waals surface area contributed by atoms with Crippen molar-refractivity contribution in [1.82, 2.24) is 19.6 Å². The summed E-state index contributed by atoms with van der Waals surface area (Å²) < 4.78 is 26.4. The third-order valence-electron chi connectivity index (χ3n) is 3.99. The van der Waals surface area contributed by atoms with Crippen molar-refractivity contribution < 1.29 is 13.3 Å². The SMILES string of the molecule is C/C(=N\NS(=O)(=O)c1ccc(C)c([N+](=O)[O-])c1)c1ccc(-n2cncn2)cc1. The molecule has 0 amide bonds. The molecule has 144 valence electrons. The predicted octanol–water partition coefficient (Wildman–Crippen LogP) is 2.19. The minimum Gasteiger partial charge on any atom is -0.258 e. The van der Waals surface area contributed by atoms with E-state index in [9.17, 15) is 18.5 Å². The molecule has 3 rings (SSSR count). The Balaban J connectivity index is 1.80. The van der Waals surface area contributed by atoms with Gasteiger partial charge in [-0.05, 0) is 37.6 Å². The number of nitrogens with one attached hydrogen (secondary N) is 1. The Labute approximate surface area is 160 Å². The van der Waals surface area contributed by atoms with Gasteiger partial charge in [0.1, 0.15) is 12.7 Å². The quantitative estimate of drug-likeness (QED) is 0.383. The largest absolute Gasteiger partial charge is 0.276 e. The molecule has 0 fully saturated rings. The highest BCUT2D eigenvalue weighted by atomic mass is 32.2. The van der Waals surface area contributed by atoms with E-state index in [2.05, 4.69) is 20.0 Å². The van der Waals surface area contributed by atoms with Crippen LogP contribution in [0.15, 0.2) is 65.1 Å². The van der Waals surface area contributed by atoms with Crippen LogP contribution in [0.3, 0.4) is 0 Å². The zero-order chi connectivity index (χ0) is 20.3. The van der Waals surface area contributed by atoms with Crippen LogP contribution in [0, 0.1) is 17.0 Å². The van der Waals surface area contributed by atoms with Gasteiger partial charge < -0.3 is 0 Å². The monoisotopic (exact) mass is 400 g/mol. The summed E-state index contributed by atoms with van der Waals surface area (Å²) in [6.45, 7) is 3.18. The van der Waals surface area contributed by atoms with E-state index in [-0.39, 0.29) is 10.6 Å². The van der Waals surface area contributed by atoms with E-state index >= 15 is 0 Å². The maximum Gasteiger partial charge on any atom is 0.276 e. The van der Waals surface area contributed by atoms with Crippen molar-refractivity contribution in [3.63, 3.8) is 0 Å². The number of sulfonamides is 1. The van der Waals surface area contributed by atoms with Gasteiger partial charge in [-0.25, -0.2) is 9.67 Å². The van der Waals surface area contributed by atoms with E-state index in [1.165, 1.54) is 25.4 Å². The van der Waals surface area contributed by atoms with Crippen LogP contribution in [-0.4, -0.2) is 33.8 Å². The standard InChI is InChI=1S/C17H16N6O4S/c1-12-3-8-16(9-17(12)23(24)25)28(26,27)21-20-13(2)14-4-6-15(7-5-14)22-11-18-10-19-22/h3-11,21H,1-2H3/b20-13+. The number of aryl methyl sites for hydroxylation is 1. The molecule has 0 radical (unpaired) electrons. The topological polar surface area (TPSA) is 132 Å². The fourth-order valence-corrected chi connectivity index (χ4v) is 3.27. The Kier molecular flexibility index (Phi) is 5.18. The molecular formula is C17H16N6O4S. The van der Waals surface area contributed by atoms with Gasteiger partial charge in [-0.15, -0.1) is 0 Å². The zero-order valence-electron chi connectivity index (χ0n) is 15.0. The van der Waals surface area contributed by atoms with Crippen LogP contribution in [-0.2, 0) is 10.0 Å². The number of benzene rings is 2. The summed E-state index contributed by atoms with van der Waals surface area (Å²) in [6.07, 6.45) is 2.98. The first-order valence-corrected chi connectivity index (χ1v) is 9.53. The van der Waals surface area contributed by atoms with Crippen LogP contribution >= 0.6 is 0 Å². The van der Waals surface area contributed by atoms with Gasteiger partial charge in [-0.3, -0.25) is 10.1 Å². The molecule has 0 unspecified atom stereocenters. The van der Waals surface area contributed by atoms with E-state index in [1.54, 1.807) is 42.2 Å². The van der Waals surface area contributed by atoms with Crippen LogP contribution in [0.2, 0.25) is 0 Å². The predicted molar refractivity (Wildman–Crippen MR) is 102 cm³/mol. The lowest BCUT2D eigenvalue weighted by molar-refractivity contribution is -0.385. The van der Waals surface area contributed by atoms with Gasteiger partial charge >= 0.3 is 0 Å². The lowest BCUT2D eigenvalue weighted by Crippen LogP contribution is -2.20. The average Bonchev–Trinajstić information content (AvgIpc) is 3.21. The van der Waals surface area contributed by atoms with Crippen molar-refractivity contribution in [3.8, 4) is 5.69 Å². The number of nitro benzene ring substituents is 1. The molecule has 1 aromatic heterocycles. The summed E-state index contributed by atoms with van der Waals surface area (Å²) in [5, 5.41) is 18.9. The van der Waals surface area contributed by atoms with E-state index in [4.69, 9.17) is 0 Å². The smallest absolute Gasteiger partial charge is 0.258 e. The van der Waals surface area contributed by atoms with Crippen molar-refractivity contribution in [2.45, 2.75) is 18.7 Å². The highest BCUT2D eigenvalue weighted by molar-refractivity contribution is 7.89. The fourth-order valence-electron chi connectivity index (χ4n) is 2.40. The molecule has 2 aromatic carbocycles. The highest BCUT2D eigenvalue weighted by Gasteiger charge is 2.19. The lowest BCUT2D eigenvalue weighted by atomic mass is 10.1. The molecule has 0 aliphatic carbocycles. The van der Waals surface area contributed by atoms with Gasteiger partial charge in [0, 0.05) is 11.6 Å². The number of nitro groups is 1. The molecule has 10 nitrogen and oxygen atoms in total. The Morgan fingerprint density at radius 2 is 1.93 bits per heavy atom. The van der Waals surface area contributed by atoms with E-state index < -0.39 is 14.9 Å². The molecule has 1 N–H and O–H groups in total. The van der Waals surface area contributed by atoms with Crippen LogP contribution < -0.4 is 4.83 Å². The molecule has 3 aromatic rings. The first kappa shape index (κ1) is 19.2. The number of rotatable bonds is 6. The number of hydrazone groups is 1. The van der Waals surface area contributed by atoms with Crippen LogP contribution in [0.5, 0.6) is 0 Å². The summed E-state index contributed by atoms with van der Waals surface area (Å²) in [7, 11) is -4.04. The van der Waals surface area contributed by atoms with Crippen molar-refractivity contribution in [2.24, 2.45) is 5.10 Å². The Bertz CT molecular complexity index is 1140. The summed E-state index contributed by atoms with van der Waals surface area (Å²) in [5.41, 5.74) is 2.02. The first-order chi connectivity index (χ1) is 13.3. The molecule has 0 aliphatic rings. The second-order valence-electron chi connectivity index (χ2n) is 5.88. The van der Waals surface area contributed by atoms with Crippen molar-refractivity contribution in [1.29, 1.82) is 0 Å². The Morgan fingerprint density at radius 1 is 1.21 bits per heavy atom. The number of nitrogens with zero attached hydrogens (tertiary/aromatic N) is 5. The van der Waals surface area contributed by atoms with Crippen molar-refractivity contribution in [3.05, 3.63) is 76.4 Å². The molecule has 28 heavy (non-hydrogen) atoms. The summed E-state index contributed by atoms with van der Waals surface area (Å²) >= 11 is 0. The maximum absolute atomic E-state index is 12.4. The van der Waals surface area contributed by atoms with Gasteiger partial charge in [0.15, 0.2) is 0 Å². The van der Waals surface area contributed by atoms with Crippen LogP contribution in [0.1, 0.15) is 18.1 Å². The normalized spacial score (nSPS) is 12.0. The molecule has 0 aliphatic heterocycles. The Hall–Kier alpha value is -3.60. The van der Waals surface area contributed by atoms with Gasteiger partial charge in [0.25, 0.3) is 15.7 Å². The van der Waals surface area contributed by atoms with Crippen molar-refractivity contribution >= 4 is 21.4 Å². The van der Waals surface area contributed by atoms with Crippen LogP contribution in [0.4, 0.5) is 5.69 Å². The van der Waals surface area contributed by atoms with E-state index in [0.717, 1.165) is 11.8 Å². The third kappa shape index (κ3) is 4.04. The Morgan fingerprint density at radius 3 is 2.54 bits per heavy atom. The number of hydrogen-bond donors (Lipinski definition) is 1. The third-order valence-corrected chi connectivity index (χ3v) is 5.20. The van der Waals surface area contributed by atoms with Gasteiger partial charge in [0.2, 0.25) is 0 Å². The molecule has 11 heteroatoms. The van der Waals surface area contributed by atoms with Crippen molar-refractivity contribution in [2.75, 3.05) is 0 Å². The minimum absolute atomic E-state index is 0.233. The van der Waals surface area contributed by atoms with E-state index in [0.29, 0.717) is 16.8 Å². The second kappa shape index (κ2) is 7.56. The zero-order valence-corrected chi connectivity index (χ0v) is 15.8. The minimum atomic E-state index is -4.04. The molecule has 1 heterocycles. The van der Waals surface area contributed by atoms with Crippen LogP contribution in [0.25, 0.3) is 5.69 Å². The number of hydrogen-bond acceptors (Lipinski definition) is 7. The maximum atomic E-state index is 12.4. The summed E-state index contributed by atoms with van der Waals surface area (Å²) in [5.74, 6) is 0. The van der Waals surface area contributed by atoms with Gasteiger partial charge in [-0.2, -0.15) is 23.4 Å². The molecule has 0 atom stereocenters. The second-order valence-corrected chi connectivity index (χ2v) is 7.55. The van der Waals surface area contributed by atoms with Gasteiger partial charge in [0.05, 0.1) is 21.2 Å². The fraction of sp³-hybridized carbons (Fsp3) is 0.118. The summed E-state index contributed by atoms with van der Waals surface area (Å²) in [6, 6.07) is 10.8. The molecular weight excluding hydrogens is 384 g/mol. The van der Waals surface area contributed by atoms with E-state index in [1.807, 2.05) is 0 Å². The number of aromatic nitrogens is 3. The average molecular weight is 400 g/mol. The van der Waals surface area contributed by atoms with Gasteiger partial charge in [-0.1, -0.05) is 18.2 Å². The molecule has 0 saturated carbocycles. The first-order valence-electron chi connectivity index (χ1n) is 8.04.